The Hall–Kier alpha value is -6.09. The number of ether oxygens (including phenoxy) is 3. The molecule has 2 aromatic rings. The number of aliphatic carboxylic acids is 1. The highest BCUT2D eigenvalue weighted by Crippen LogP contribution is 2.52. The fraction of sp³-hybridized carbons (Fsp3) is 0.596. The number of methoxy groups -OCH3 is 1. The molecule has 5 rings (SSSR count). The van der Waals surface area contributed by atoms with Crippen molar-refractivity contribution in [3.8, 4) is 17.2 Å². The van der Waals surface area contributed by atoms with Gasteiger partial charge in [0.1, 0.15) is 41.3 Å². The second-order valence-electron chi connectivity index (χ2n) is 20.5. The van der Waals surface area contributed by atoms with Gasteiger partial charge in [0.2, 0.25) is 23.5 Å². The summed E-state index contributed by atoms with van der Waals surface area (Å²) in [5.41, 5.74) is -4.19. The van der Waals surface area contributed by atoms with Gasteiger partial charge in [-0.1, -0.05) is 60.6 Å². The molecule has 0 bridgehead atoms. The first-order chi connectivity index (χ1) is 33.7. The van der Waals surface area contributed by atoms with E-state index in [2.05, 4.69) is 16.0 Å². The van der Waals surface area contributed by atoms with Crippen molar-refractivity contribution >= 4 is 52.6 Å². The number of Topliss-reactive ketones (excluding diaryl/α,β-unsaturated/α-hetero) is 3. The number of aromatic hydroxyl groups is 2. The number of benzene rings is 2. The Labute approximate surface area is 417 Å². The van der Waals surface area contributed by atoms with Crippen LogP contribution in [0.3, 0.4) is 0 Å². The minimum Gasteiger partial charge on any atom is -0.507 e. The second kappa shape index (κ2) is 23.6. The highest BCUT2D eigenvalue weighted by atomic mass is 16.7. The zero-order valence-corrected chi connectivity index (χ0v) is 42.3. The molecule has 2 aromatic carbocycles. The van der Waals surface area contributed by atoms with Crippen LogP contribution >= 0.6 is 0 Å². The van der Waals surface area contributed by atoms with Crippen LogP contribution in [0.2, 0.25) is 0 Å². The number of phenolic OH excluding ortho intramolecular Hbond substituents is 2. The van der Waals surface area contributed by atoms with Gasteiger partial charge in [0.05, 0.1) is 48.5 Å². The van der Waals surface area contributed by atoms with E-state index in [-0.39, 0.29) is 90.7 Å². The predicted octanol–water partition coefficient (Wildman–Crippen LogP) is 3.55. The molecular formula is C52H69N3O17. The van der Waals surface area contributed by atoms with Crippen LogP contribution in [-0.4, -0.2) is 128 Å². The predicted molar refractivity (Wildman–Crippen MR) is 256 cm³/mol. The van der Waals surface area contributed by atoms with E-state index < -0.39 is 149 Å². The monoisotopic (exact) mass is 1010 g/mol. The van der Waals surface area contributed by atoms with Crippen molar-refractivity contribution < 1.29 is 82.9 Å². The SMILES string of the molecule is COc1cccc2c1C(=O)c1c(O)c3c(c(O)c1C2=O)CC(O)(C(=O)CO)CC3OC1CC(NC(=O)C(CC(C)C)NC(=O)C(C)CC(=O)C(CC(C)C)NC(=O)C(C)CC(=O)CCC(=O)O)C(C)C(C)O1. The number of hydrogen-bond donors (Lipinski definition) is 8. The first-order valence-electron chi connectivity index (χ1n) is 24.4. The number of ketones is 5. The van der Waals surface area contributed by atoms with E-state index in [1.807, 2.05) is 34.6 Å². The van der Waals surface area contributed by atoms with Crippen LogP contribution in [0.15, 0.2) is 18.2 Å². The minimum absolute atomic E-state index is 0.0417. The van der Waals surface area contributed by atoms with E-state index in [0.29, 0.717) is 0 Å². The molecule has 0 spiro atoms. The first kappa shape index (κ1) is 56.8. The quantitative estimate of drug-likeness (QED) is 0.0630. The molecule has 3 aliphatic rings. The number of carboxylic acids is 1. The van der Waals surface area contributed by atoms with Crippen molar-refractivity contribution in [1.82, 2.24) is 16.0 Å². The third-order valence-electron chi connectivity index (χ3n) is 13.9. The molecule has 20 heteroatoms. The number of carbonyl (C=O) groups is 9. The molecule has 0 saturated carbocycles. The highest BCUT2D eigenvalue weighted by molar-refractivity contribution is 6.31. The maximum atomic E-state index is 14.2. The summed E-state index contributed by atoms with van der Waals surface area (Å²) < 4.78 is 18.0. The lowest BCUT2D eigenvalue weighted by Gasteiger charge is -2.43. The van der Waals surface area contributed by atoms with Crippen LogP contribution in [0.1, 0.15) is 156 Å². The third-order valence-corrected chi connectivity index (χ3v) is 13.9. The number of phenols is 2. The molecule has 1 fully saturated rings. The lowest BCUT2D eigenvalue weighted by Crippen LogP contribution is -2.56. The number of hydrogen-bond acceptors (Lipinski definition) is 16. The van der Waals surface area contributed by atoms with Gasteiger partial charge in [-0.3, -0.25) is 43.2 Å². The number of aliphatic hydroxyl groups excluding tert-OH is 1. The maximum absolute atomic E-state index is 14.2. The summed E-state index contributed by atoms with van der Waals surface area (Å²) in [7, 11) is 1.30. The fourth-order valence-corrected chi connectivity index (χ4v) is 9.70. The zero-order chi connectivity index (χ0) is 53.7. The Kier molecular flexibility index (Phi) is 18.7. The van der Waals surface area contributed by atoms with Crippen molar-refractivity contribution in [2.24, 2.45) is 29.6 Å². The summed E-state index contributed by atoms with van der Waals surface area (Å²) in [6.45, 7) is 12.9. The highest BCUT2D eigenvalue weighted by Gasteiger charge is 2.50. The molecule has 1 saturated heterocycles. The van der Waals surface area contributed by atoms with E-state index in [9.17, 15) is 63.6 Å². The van der Waals surface area contributed by atoms with Gasteiger partial charge >= 0.3 is 5.97 Å². The van der Waals surface area contributed by atoms with Gasteiger partial charge in [-0.2, -0.15) is 0 Å². The second-order valence-corrected chi connectivity index (χ2v) is 20.5. The van der Waals surface area contributed by atoms with Crippen LogP contribution in [-0.2, 0) is 49.5 Å². The number of amides is 3. The molecule has 72 heavy (non-hydrogen) atoms. The van der Waals surface area contributed by atoms with Crippen molar-refractivity contribution in [3.63, 3.8) is 0 Å². The molecule has 2 aliphatic carbocycles. The fourth-order valence-electron chi connectivity index (χ4n) is 9.70. The third kappa shape index (κ3) is 12.7. The molecule has 1 heterocycles. The zero-order valence-electron chi connectivity index (χ0n) is 42.3. The molecular weight excluding hydrogens is 939 g/mol. The summed E-state index contributed by atoms with van der Waals surface area (Å²) in [4.78, 5) is 119. The molecule has 0 radical (unpaired) electrons. The smallest absolute Gasteiger partial charge is 0.303 e. The molecule has 394 valence electrons. The Morgan fingerprint density at radius 3 is 2.00 bits per heavy atom. The maximum Gasteiger partial charge on any atom is 0.303 e. The number of carbonyl (C=O) groups excluding carboxylic acids is 8. The molecule has 10 unspecified atom stereocenters. The van der Waals surface area contributed by atoms with Gasteiger partial charge in [-0.05, 0) is 37.7 Å². The Morgan fingerprint density at radius 1 is 0.806 bits per heavy atom. The topological polar surface area (TPSA) is 319 Å². The molecule has 0 aromatic heterocycles. The summed E-state index contributed by atoms with van der Waals surface area (Å²) in [6.07, 6.45) is -5.29. The van der Waals surface area contributed by atoms with Crippen LogP contribution in [0, 0.1) is 29.6 Å². The molecule has 3 amide bonds. The summed E-state index contributed by atoms with van der Waals surface area (Å²) in [5, 5.41) is 62.8. The number of carboxylic acid groups (broad SMARTS) is 1. The van der Waals surface area contributed by atoms with Crippen molar-refractivity contribution in [1.29, 1.82) is 0 Å². The van der Waals surface area contributed by atoms with Gasteiger partial charge in [0, 0.05) is 79.0 Å². The lowest BCUT2D eigenvalue weighted by atomic mass is 9.72. The van der Waals surface area contributed by atoms with Crippen LogP contribution < -0.4 is 20.7 Å². The van der Waals surface area contributed by atoms with Crippen LogP contribution in [0.25, 0.3) is 0 Å². The average Bonchev–Trinajstić information content (AvgIpc) is 3.30. The van der Waals surface area contributed by atoms with E-state index >= 15 is 0 Å². The van der Waals surface area contributed by atoms with Crippen LogP contribution in [0.5, 0.6) is 17.2 Å². The summed E-state index contributed by atoms with van der Waals surface area (Å²) in [6, 6.07) is 1.54. The standard InChI is InChI=1S/C52H69N3O17/c1-23(2)15-33(54-49(66)25(5)17-29(57)13-14-39(60)61)35(58)18-26(6)50(67)55-34(16-24(3)4)51(68)53-32-19-40(71-28(8)27(32)7)72-37-21-52(69,38(59)22-56)20-31-42(37)48(65)44-43(46(31)63)45(62)30-11-10-12-36(70-9)41(30)47(44)64/h10-12,23-28,32-34,37,40,56,63,65,69H,13-22H2,1-9H3,(H,53,68)(H,54,66)(H,55,67)(H,60,61). The van der Waals surface area contributed by atoms with E-state index in [1.54, 1.807) is 6.92 Å². The van der Waals surface area contributed by atoms with Crippen LogP contribution in [0.4, 0.5) is 0 Å². The number of fused-ring (bicyclic) bond motifs is 3. The van der Waals surface area contributed by atoms with Crippen molar-refractivity contribution in [2.75, 3.05) is 13.7 Å². The van der Waals surface area contributed by atoms with Gasteiger partial charge in [-0.15, -0.1) is 0 Å². The lowest BCUT2D eigenvalue weighted by molar-refractivity contribution is -0.238. The number of nitrogens with one attached hydrogen (secondary N) is 3. The Bertz CT molecular complexity index is 2470. The largest absolute Gasteiger partial charge is 0.507 e. The molecule has 1 aliphatic heterocycles. The van der Waals surface area contributed by atoms with E-state index in [4.69, 9.17) is 19.3 Å². The number of rotatable bonds is 23. The molecule has 8 N–H and O–H groups in total. The Morgan fingerprint density at radius 2 is 1.40 bits per heavy atom. The minimum atomic E-state index is -2.38. The summed E-state index contributed by atoms with van der Waals surface area (Å²) in [5.74, 6) is -10.2. The van der Waals surface area contributed by atoms with Gasteiger partial charge < -0.3 is 55.7 Å². The van der Waals surface area contributed by atoms with Crippen molar-refractivity contribution in [2.45, 2.75) is 155 Å². The van der Waals surface area contributed by atoms with Crippen molar-refractivity contribution in [3.05, 3.63) is 51.6 Å². The van der Waals surface area contributed by atoms with E-state index in [1.165, 1.54) is 39.2 Å². The molecule has 10 atom stereocenters. The van der Waals surface area contributed by atoms with E-state index in [0.717, 1.165) is 0 Å². The molecule has 20 nitrogen and oxygen atoms in total. The van der Waals surface area contributed by atoms with Gasteiger partial charge in [-0.25, -0.2) is 0 Å². The summed E-state index contributed by atoms with van der Waals surface area (Å²) >= 11 is 0. The van der Waals surface area contributed by atoms with Gasteiger partial charge in [0.15, 0.2) is 23.6 Å². The number of aliphatic hydroxyl groups is 2. The average molecular weight is 1010 g/mol. The first-order valence-corrected chi connectivity index (χ1v) is 24.4. The van der Waals surface area contributed by atoms with Gasteiger partial charge in [0.25, 0.3) is 0 Å². The Balaban J connectivity index is 1.34. The normalized spacial score (nSPS) is 23.2.